The number of nitrogens with zero attached hydrogens (tertiary/aromatic N) is 1. The van der Waals surface area contributed by atoms with Crippen LogP contribution in [-0.4, -0.2) is 40.1 Å². The first-order valence-electron chi connectivity index (χ1n) is 9.26. The van der Waals surface area contributed by atoms with Crippen LogP contribution in [0, 0.1) is 12.7 Å². The summed E-state index contributed by atoms with van der Waals surface area (Å²) in [6.45, 7) is 1.65. The summed E-state index contributed by atoms with van der Waals surface area (Å²) in [5.74, 6) is -0.644. The van der Waals surface area contributed by atoms with E-state index in [9.17, 15) is 14.0 Å². The number of aromatic nitrogens is 2. The number of H-pyrrole nitrogens is 1. The smallest absolute Gasteiger partial charge is 0.251 e. The number of fused-ring (bicyclic) bond motifs is 1. The number of aryl methyl sites for hydroxylation is 1. The Morgan fingerprint density at radius 1 is 1.20 bits per heavy atom. The van der Waals surface area contributed by atoms with E-state index in [0.29, 0.717) is 44.6 Å². The van der Waals surface area contributed by atoms with Gasteiger partial charge in [-0.05, 0) is 43.3 Å². The molecule has 2 aromatic carbocycles. The average molecular weight is 407 g/mol. The monoisotopic (exact) mass is 407 g/mol. The van der Waals surface area contributed by atoms with Crippen LogP contribution in [0.25, 0.3) is 22.2 Å². The number of carbonyl (C=O) groups is 2. The van der Waals surface area contributed by atoms with Crippen molar-refractivity contribution in [1.29, 1.82) is 0 Å². The van der Waals surface area contributed by atoms with Gasteiger partial charge in [-0.25, -0.2) is 4.39 Å². The number of hydrogen-bond acceptors (Lipinski definition) is 5. The van der Waals surface area contributed by atoms with E-state index in [-0.39, 0.29) is 30.7 Å². The number of carbonyl (C=O) groups excluding carboxylic acids is 2. The summed E-state index contributed by atoms with van der Waals surface area (Å²) in [6, 6.07) is 10.6. The van der Waals surface area contributed by atoms with Gasteiger partial charge in [-0.3, -0.25) is 9.59 Å². The second kappa shape index (κ2) is 7.92. The van der Waals surface area contributed by atoms with Gasteiger partial charge >= 0.3 is 0 Å². The molecule has 152 valence electrons. The number of amides is 1. The average Bonchev–Trinajstić information content (AvgIpc) is 3.35. The molecule has 1 amide bonds. The molecule has 30 heavy (non-hydrogen) atoms. The van der Waals surface area contributed by atoms with E-state index >= 15 is 0 Å². The summed E-state index contributed by atoms with van der Waals surface area (Å²) in [7, 11) is 0. The Labute approximate surface area is 170 Å². The van der Waals surface area contributed by atoms with Crippen LogP contribution in [-0.2, 0) is 0 Å². The SMILES string of the molecule is Cc1onc(-c2ccc(F)cc2)c1C(=O)c1c[nH]c2cc(C(=O)NCCO)ccc12. The van der Waals surface area contributed by atoms with E-state index in [4.69, 9.17) is 9.63 Å². The molecule has 0 fully saturated rings. The van der Waals surface area contributed by atoms with Gasteiger partial charge < -0.3 is 19.9 Å². The van der Waals surface area contributed by atoms with Gasteiger partial charge in [0.15, 0.2) is 0 Å². The third-order valence-electron chi connectivity index (χ3n) is 4.79. The Morgan fingerprint density at radius 3 is 2.70 bits per heavy atom. The highest BCUT2D eigenvalue weighted by atomic mass is 19.1. The van der Waals surface area contributed by atoms with Gasteiger partial charge in [0.25, 0.3) is 5.91 Å². The number of halogens is 1. The van der Waals surface area contributed by atoms with Crippen molar-refractivity contribution < 1.29 is 23.6 Å². The molecular weight excluding hydrogens is 389 g/mol. The van der Waals surface area contributed by atoms with Crippen molar-refractivity contribution in [2.75, 3.05) is 13.2 Å². The molecule has 0 saturated carbocycles. The third-order valence-corrected chi connectivity index (χ3v) is 4.79. The van der Waals surface area contributed by atoms with Crippen LogP contribution in [0.3, 0.4) is 0 Å². The van der Waals surface area contributed by atoms with Crippen LogP contribution in [0.1, 0.15) is 32.0 Å². The van der Waals surface area contributed by atoms with E-state index in [0.717, 1.165) is 0 Å². The van der Waals surface area contributed by atoms with E-state index in [1.807, 2.05) is 0 Å². The first-order chi connectivity index (χ1) is 14.5. The molecule has 0 aliphatic rings. The minimum atomic E-state index is -0.387. The molecule has 0 atom stereocenters. The normalized spacial score (nSPS) is 11.0. The zero-order chi connectivity index (χ0) is 21.3. The summed E-state index contributed by atoms with van der Waals surface area (Å²) in [5.41, 5.74) is 2.64. The van der Waals surface area contributed by atoms with Crippen molar-refractivity contribution in [3.8, 4) is 11.3 Å². The molecule has 0 aliphatic heterocycles. The highest BCUT2D eigenvalue weighted by Gasteiger charge is 2.25. The maximum atomic E-state index is 13.3. The Kier molecular flexibility index (Phi) is 5.16. The maximum Gasteiger partial charge on any atom is 0.251 e. The fourth-order valence-corrected chi connectivity index (χ4v) is 3.31. The highest BCUT2D eigenvalue weighted by molar-refractivity contribution is 6.19. The molecule has 4 rings (SSSR count). The number of ketones is 1. The van der Waals surface area contributed by atoms with Gasteiger partial charge in [-0.15, -0.1) is 0 Å². The summed E-state index contributed by atoms with van der Waals surface area (Å²) in [5, 5.41) is 16.1. The Balaban J connectivity index is 1.72. The largest absolute Gasteiger partial charge is 0.395 e. The Bertz CT molecular complexity index is 1240. The summed E-state index contributed by atoms with van der Waals surface area (Å²) < 4.78 is 18.5. The molecule has 0 unspecified atom stereocenters. The zero-order valence-corrected chi connectivity index (χ0v) is 16.0. The number of benzene rings is 2. The maximum absolute atomic E-state index is 13.3. The van der Waals surface area contributed by atoms with E-state index < -0.39 is 0 Å². The van der Waals surface area contributed by atoms with Gasteiger partial charge in [-0.1, -0.05) is 11.2 Å². The van der Waals surface area contributed by atoms with Crippen molar-refractivity contribution in [2.45, 2.75) is 6.92 Å². The standard InChI is InChI=1S/C22H18FN3O4/c1-12-19(20(26-30-12)13-2-5-15(23)6-3-13)21(28)17-11-25-18-10-14(4-7-16(17)18)22(29)24-8-9-27/h2-7,10-11,25,27H,8-9H2,1H3,(H,24,29). The first-order valence-corrected chi connectivity index (χ1v) is 9.26. The molecule has 2 aromatic heterocycles. The molecule has 0 bridgehead atoms. The minimum Gasteiger partial charge on any atom is -0.395 e. The molecule has 3 N–H and O–H groups in total. The summed E-state index contributed by atoms with van der Waals surface area (Å²) in [6.07, 6.45) is 1.57. The molecule has 8 heteroatoms. The lowest BCUT2D eigenvalue weighted by Gasteiger charge is -2.04. The predicted octanol–water partition coefficient (Wildman–Crippen LogP) is 3.22. The number of aliphatic hydroxyl groups excluding tert-OH is 1. The topological polar surface area (TPSA) is 108 Å². The van der Waals surface area contributed by atoms with Crippen molar-refractivity contribution in [1.82, 2.24) is 15.5 Å². The number of rotatable bonds is 6. The van der Waals surface area contributed by atoms with Gasteiger partial charge in [0.1, 0.15) is 17.3 Å². The van der Waals surface area contributed by atoms with Crippen molar-refractivity contribution in [3.05, 3.63) is 76.9 Å². The molecular formula is C22H18FN3O4. The predicted molar refractivity (Wildman–Crippen MR) is 108 cm³/mol. The molecule has 0 aliphatic carbocycles. The van der Waals surface area contributed by atoms with Crippen LogP contribution < -0.4 is 5.32 Å². The van der Waals surface area contributed by atoms with E-state index in [2.05, 4.69) is 15.5 Å². The minimum absolute atomic E-state index is 0.149. The van der Waals surface area contributed by atoms with E-state index in [1.165, 1.54) is 24.3 Å². The van der Waals surface area contributed by atoms with Crippen molar-refractivity contribution >= 4 is 22.6 Å². The van der Waals surface area contributed by atoms with Gasteiger partial charge in [0, 0.05) is 40.3 Å². The number of aromatic amines is 1. The summed E-state index contributed by atoms with van der Waals surface area (Å²) in [4.78, 5) is 28.4. The first kappa shape index (κ1) is 19.5. The molecule has 4 aromatic rings. The molecule has 7 nitrogen and oxygen atoms in total. The lowest BCUT2D eigenvalue weighted by Crippen LogP contribution is -2.26. The molecule has 0 saturated heterocycles. The summed E-state index contributed by atoms with van der Waals surface area (Å²) >= 11 is 0. The molecule has 2 heterocycles. The number of nitrogens with one attached hydrogen (secondary N) is 2. The van der Waals surface area contributed by atoms with Gasteiger partial charge in [0.2, 0.25) is 5.78 Å². The van der Waals surface area contributed by atoms with Crippen LogP contribution in [0.5, 0.6) is 0 Å². The van der Waals surface area contributed by atoms with Crippen LogP contribution in [0.4, 0.5) is 4.39 Å². The lowest BCUT2D eigenvalue weighted by atomic mass is 9.97. The van der Waals surface area contributed by atoms with E-state index in [1.54, 1.807) is 31.3 Å². The van der Waals surface area contributed by atoms with Crippen molar-refractivity contribution in [2.24, 2.45) is 0 Å². The molecule has 0 spiro atoms. The van der Waals surface area contributed by atoms with Crippen molar-refractivity contribution in [3.63, 3.8) is 0 Å². The second-order valence-corrected chi connectivity index (χ2v) is 6.74. The number of hydrogen-bond donors (Lipinski definition) is 3. The highest BCUT2D eigenvalue weighted by Crippen LogP contribution is 2.30. The zero-order valence-electron chi connectivity index (χ0n) is 16.0. The Morgan fingerprint density at radius 2 is 1.97 bits per heavy atom. The molecule has 0 radical (unpaired) electrons. The van der Waals surface area contributed by atoms with Crippen LogP contribution >= 0.6 is 0 Å². The van der Waals surface area contributed by atoms with Gasteiger partial charge in [0.05, 0.1) is 12.2 Å². The third kappa shape index (κ3) is 3.48. The van der Waals surface area contributed by atoms with Crippen LogP contribution in [0.15, 0.2) is 53.2 Å². The fraction of sp³-hybridized carbons (Fsp3) is 0.136. The quantitative estimate of drug-likeness (QED) is 0.425. The second-order valence-electron chi connectivity index (χ2n) is 6.74. The Hall–Kier alpha value is -3.78. The van der Waals surface area contributed by atoms with Gasteiger partial charge in [-0.2, -0.15) is 0 Å². The lowest BCUT2D eigenvalue weighted by molar-refractivity contribution is 0.0944. The fourth-order valence-electron chi connectivity index (χ4n) is 3.31. The van der Waals surface area contributed by atoms with Crippen LogP contribution in [0.2, 0.25) is 0 Å². The number of aliphatic hydroxyl groups is 1.